The van der Waals surface area contributed by atoms with Crippen LogP contribution >= 0.6 is 24.0 Å². The van der Waals surface area contributed by atoms with Gasteiger partial charge in [0.2, 0.25) is 0 Å². The minimum absolute atomic E-state index is 0.244. The van der Waals surface area contributed by atoms with Gasteiger partial charge in [-0.15, -0.1) is 11.8 Å². The number of carbonyl (C=O) groups excluding carboxylic acids is 1. The van der Waals surface area contributed by atoms with Gasteiger partial charge in [-0.3, -0.25) is 0 Å². The molecule has 0 N–H and O–H groups in total. The van der Waals surface area contributed by atoms with Gasteiger partial charge in [-0.1, -0.05) is 19.1 Å². The number of carbonyl (C=O) groups is 1. The van der Waals surface area contributed by atoms with Crippen LogP contribution in [0.15, 0.2) is 10.6 Å². The smallest absolute Gasteiger partial charge is 0.356 e. The Morgan fingerprint density at radius 2 is 2.24 bits per heavy atom. The monoisotopic (exact) mass is 271 g/mol. The number of ether oxygens (including phenoxy) is 1. The molecular formula is C12H17NO2S2. The quantitative estimate of drug-likeness (QED) is 0.569. The molecular weight excluding hydrogens is 254 g/mol. The van der Waals surface area contributed by atoms with E-state index >= 15 is 0 Å². The fourth-order valence-corrected chi connectivity index (χ4v) is 3.81. The van der Waals surface area contributed by atoms with Crippen LogP contribution < -0.4 is 0 Å². The number of esters is 1. The first-order chi connectivity index (χ1) is 7.83. The van der Waals surface area contributed by atoms with Crippen molar-refractivity contribution in [3.05, 3.63) is 10.6 Å². The van der Waals surface area contributed by atoms with E-state index in [1.54, 1.807) is 11.8 Å². The van der Waals surface area contributed by atoms with Crippen LogP contribution in [-0.2, 0) is 9.53 Å². The first-order valence-electron chi connectivity index (χ1n) is 5.78. The zero-order chi connectivity index (χ0) is 12.8. The van der Waals surface area contributed by atoms with Crippen molar-refractivity contribution in [3.63, 3.8) is 0 Å². The molecule has 17 heavy (non-hydrogen) atoms. The lowest BCUT2D eigenvalue weighted by Crippen LogP contribution is -2.48. The Morgan fingerprint density at radius 1 is 1.59 bits per heavy atom. The standard InChI is InChI=1S/C12H17NO2S2/c1-5-7-10(11(14)15-12(2,3)4)13-8(16)6-9(13)17-7/h9H,5-6H2,1-4H3/t9-/m0/s1. The molecule has 0 saturated carbocycles. The first-order valence-corrected chi connectivity index (χ1v) is 7.07. The van der Waals surface area contributed by atoms with Gasteiger partial charge in [-0.05, 0) is 27.2 Å². The molecule has 3 nitrogen and oxygen atoms in total. The summed E-state index contributed by atoms with van der Waals surface area (Å²) in [4.78, 5) is 16.1. The molecule has 0 aromatic carbocycles. The first kappa shape index (κ1) is 12.9. The Morgan fingerprint density at radius 3 is 2.71 bits per heavy atom. The molecule has 5 heteroatoms. The maximum atomic E-state index is 12.2. The summed E-state index contributed by atoms with van der Waals surface area (Å²) >= 11 is 6.97. The fourth-order valence-electron chi connectivity index (χ4n) is 1.89. The van der Waals surface area contributed by atoms with Crippen LogP contribution in [0.5, 0.6) is 0 Å². The van der Waals surface area contributed by atoms with Gasteiger partial charge in [0.25, 0.3) is 0 Å². The number of hydrogen-bond donors (Lipinski definition) is 0. The van der Waals surface area contributed by atoms with Crippen molar-refractivity contribution < 1.29 is 9.53 Å². The topological polar surface area (TPSA) is 29.5 Å². The van der Waals surface area contributed by atoms with E-state index < -0.39 is 5.60 Å². The van der Waals surface area contributed by atoms with Crippen molar-refractivity contribution in [2.24, 2.45) is 0 Å². The predicted octanol–water partition coefficient (Wildman–Crippen LogP) is 3.06. The SMILES string of the molecule is CCC1=C(C(=O)OC(C)(C)C)N2C(=S)C[C@@H]2S1. The van der Waals surface area contributed by atoms with Crippen molar-refractivity contribution in [1.29, 1.82) is 0 Å². The minimum Gasteiger partial charge on any atom is -0.455 e. The van der Waals surface area contributed by atoms with Gasteiger partial charge in [-0.2, -0.15) is 0 Å². The molecule has 0 aromatic heterocycles. The fraction of sp³-hybridized carbons (Fsp3) is 0.667. The van der Waals surface area contributed by atoms with Crippen LogP contribution in [0.25, 0.3) is 0 Å². The van der Waals surface area contributed by atoms with E-state index in [9.17, 15) is 4.79 Å². The molecule has 0 radical (unpaired) electrons. The lowest BCUT2D eigenvalue weighted by atomic mass is 10.1. The zero-order valence-electron chi connectivity index (χ0n) is 10.6. The molecule has 1 fully saturated rings. The van der Waals surface area contributed by atoms with Crippen LogP contribution in [0.1, 0.15) is 40.5 Å². The second-order valence-corrected chi connectivity index (χ2v) is 6.91. The molecule has 2 heterocycles. The number of rotatable bonds is 2. The third kappa shape index (κ3) is 2.36. The summed E-state index contributed by atoms with van der Waals surface area (Å²) in [5, 5.41) is 0.333. The maximum absolute atomic E-state index is 12.2. The van der Waals surface area contributed by atoms with E-state index in [4.69, 9.17) is 17.0 Å². The van der Waals surface area contributed by atoms with Crippen LogP contribution in [0.2, 0.25) is 0 Å². The molecule has 0 aromatic rings. The van der Waals surface area contributed by atoms with Gasteiger partial charge in [0.1, 0.15) is 11.3 Å². The van der Waals surface area contributed by atoms with Crippen LogP contribution in [0.4, 0.5) is 0 Å². The number of hydrogen-bond acceptors (Lipinski definition) is 4. The summed E-state index contributed by atoms with van der Waals surface area (Å²) in [5.41, 5.74) is 0.215. The lowest BCUT2D eigenvalue weighted by molar-refractivity contribution is -0.151. The molecule has 94 valence electrons. The van der Waals surface area contributed by atoms with Gasteiger partial charge in [0.15, 0.2) is 0 Å². The van der Waals surface area contributed by atoms with Gasteiger partial charge in [-0.25, -0.2) is 4.79 Å². The van der Waals surface area contributed by atoms with Crippen molar-refractivity contribution in [2.75, 3.05) is 0 Å². The van der Waals surface area contributed by atoms with E-state index in [0.29, 0.717) is 11.1 Å². The third-order valence-electron chi connectivity index (χ3n) is 2.60. The largest absolute Gasteiger partial charge is 0.455 e. The number of allylic oxidation sites excluding steroid dienone is 1. The van der Waals surface area contributed by atoms with Crippen molar-refractivity contribution in [1.82, 2.24) is 4.90 Å². The normalized spacial score (nSPS) is 23.6. The summed E-state index contributed by atoms with van der Waals surface area (Å²) in [7, 11) is 0. The Bertz CT molecular complexity index is 409. The van der Waals surface area contributed by atoms with E-state index in [2.05, 4.69) is 6.92 Å². The van der Waals surface area contributed by atoms with Crippen molar-refractivity contribution in [3.8, 4) is 0 Å². The van der Waals surface area contributed by atoms with Crippen LogP contribution in [0, 0.1) is 0 Å². The van der Waals surface area contributed by atoms with Gasteiger partial charge >= 0.3 is 5.97 Å². The predicted molar refractivity (Wildman–Crippen MR) is 73.6 cm³/mol. The van der Waals surface area contributed by atoms with Gasteiger partial charge in [0.05, 0.1) is 10.4 Å². The minimum atomic E-state index is -0.460. The molecule has 2 aliphatic heterocycles. The van der Waals surface area contributed by atoms with E-state index in [0.717, 1.165) is 22.7 Å². The maximum Gasteiger partial charge on any atom is 0.356 e. The highest BCUT2D eigenvalue weighted by atomic mass is 32.2. The summed E-state index contributed by atoms with van der Waals surface area (Å²) in [6.45, 7) is 7.70. The number of thioether (sulfide) groups is 1. The summed E-state index contributed by atoms with van der Waals surface area (Å²) in [6.07, 6.45) is 1.75. The molecule has 0 amide bonds. The van der Waals surface area contributed by atoms with Crippen LogP contribution in [0.3, 0.4) is 0 Å². The van der Waals surface area contributed by atoms with Crippen molar-refractivity contribution in [2.45, 2.75) is 51.5 Å². The molecule has 0 unspecified atom stereocenters. The molecule has 2 rings (SSSR count). The van der Waals surface area contributed by atoms with E-state index in [1.807, 2.05) is 25.7 Å². The molecule has 0 spiro atoms. The average Bonchev–Trinajstić information content (AvgIpc) is 2.47. The Balaban J connectivity index is 2.22. The lowest BCUT2D eigenvalue weighted by Gasteiger charge is -2.38. The average molecular weight is 271 g/mol. The Kier molecular flexibility index (Phi) is 3.25. The summed E-state index contributed by atoms with van der Waals surface area (Å²) in [5.74, 6) is -0.244. The van der Waals surface area contributed by atoms with Gasteiger partial charge in [0, 0.05) is 11.3 Å². The van der Waals surface area contributed by atoms with E-state index in [-0.39, 0.29) is 5.97 Å². The van der Waals surface area contributed by atoms with E-state index in [1.165, 1.54) is 0 Å². The molecule has 1 saturated heterocycles. The van der Waals surface area contributed by atoms with Gasteiger partial charge < -0.3 is 9.64 Å². The second kappa shape index (κ2) is 4.28. The van der Waals surface area contributed by atoms with Crippen LogP contribution in [-0.4, -0.2) is 26.8 Å². The Hall–Kier alpha value is -0.550. The zero-order valence-corrected chi connectivity index (χ0v) is 12.2. The number of nitrogens with zero attached hydrogens (tertiary/aromatic N) is 1. The highest BCUT2D eigenvalue weighted by Gasteiger charge is 2.46. The highest BCUT2D eigenvalue weighted by Crippen LogP contribution is 2.48. The Labute approximate surface area is 112 Å². The number of fused-ring (bicyclic) bond motifs is 1. The molecule has 0 bridgehead atoms. The summed E-state index contributed by atoms with van der Waals surface area (Å²) in [6, 6.07) is 0. The molecule has 1 atom stereocenters. The molecule has 0 aliphatic carbocycles. The number of thiocarbonyl (C=S) groups is 1. The highest BCUT2D eigenvalue weighted by molar-refractivity contribution is 8.04. The second-order valence-electron chi connectivity index (χ2n) is 5.17. The third-order valence-corrected chi connectivity index (χ3v) is 4.38. The van der Waals surface area contributed by atoms with Crippen molar-refractivity contribution >= 4 is 34.9 Å². The molecule has 2 aliphatic rings. The summed E-state index contributed by atoms with van der Waals surface area (Å²) < 4.78 is 5.44.